The Morgan fingerprint density at radius 1 is 1.17 bits per heavy atom. The van der Waals surface area contributed by atoms with Crippen molar-refractivity contribution >= 4 is 11.8 Å². The van der Waals surface area contributed by atoms with Crippen LogP contribution in [0.1, 0.15) is 39.5 Å². The molecule has 0 aromatic carbocycles. The van der Waals surface area contributed by atoms with Crippen LogP contribution in [0.2, 0.25) is 0 Å². The topological polar surface area (TPSA) is 64.3 Å². The molecule has 0 saturated heterocycles. The van der Waals surface area contributed by atoms with E-state index >= 15 is 0 Å². The summed E-state index contributed by atoms with van der Waals surface area (Å²) in [6, 6.07) is 1.85. The number of methoxy groups -OCH3 is 1. The first kappa shape index (κ1) is 14.5. The van der Waals surface area contributed by atoms with Crippen molar-refractivity contribution in [3.05, 3.63) is 6.07 Å². The minimum Gasteiger partial charge on any atom is -0.481 e. The largest absolute Gasteiger partial charge is 0.481 e. The number of nitrogens with zero attached hydrogens (tertiary/aromatic N) is 3. The second kappa shape index (κ2) is 7.74. The van der Waals surface area contributed by atoms with E-state index in [1.807, 2.05) is 6.07 Å². The zero-order chi connectivity index (χ0) is 13.4. The molecule has 0 aliphatic heterocycles. The van der Waals surface area contributed by atoms with Crippen molar-refractivity contribution in [1.29, 1.82) is 0 Å². The Bertz CT molecular complexity index is 349. The second-order valence-corrected chi connectivity index (χ2v) is 4.32. The summed E-state index contributed by atoms with van der Waals surface area (Å²) in [6.07, 6.45) is 4.63. The number of nitrogens with two attached hydrogens (primary N) is 1. The van der Waals surface area contributed by atoms with Crippen LogP contribution in [0.4, 0.5) is 11.8 Å². The van der Waals surface area contributed by atoms with E-state index in [0.29, 0.717) is 5.88 Å². The van der Waals surface area contributed by atoms with Crippen molar-refractivity contribution in [2.24, 2.45) is 0 Å². The molecule has 5 nitrogen and oxygen atoms in total. The first-order valence-electron chi connectivity index (χ1n) is 6.64. The monoisotopic (exact) mass is 252 g/mol. The Kier molecular flexibility index (Phi) is 6.25. The average molecular weight is 252 g/mol. The van der Waals surface area contributed by atoms with Crippen molar-refractivity contribution < 1.29 is 4.74 Å². The van der Waals surface area contributed by atoms with Gasteiger partial charge in [0, 0.05) is 19.2 Å². The average Bonchev–Trinajstić information content (AvgIpc) is 2.38. The van der Waals surface area contributed by atoms with Crippen LogP contribution in [-0.4, -0.2) is 30.2 Å². The van der Waals surface area contributed by atoms with Crippen LogP contribution in [-0.2, 0) is 0 Å². The van der Waals surface area contributed by atoms with Crippen LogP contribution in [0.3, 0.4) is 0 Å². The van der Waals surface area contributed by atoms with Gasteiger partial charge in [-0.25, -0.2) is 0 Å². The Labute approximate surface area is 109 Å². The summed E-state index contributed by atoms with van der Waals surface area (Å²) < 4.78 is 5.14. The molecule has 5 heteroatoms. The van der Waals surface area contributed by atoms with E-state index < -0.39 is 0 Å². The highest BCUT2D eigenvalue weighted by molar-refractivity contribution is 5.45. The first-order valence-corrected chi connectivity index (χ1v) is 6.64. The number of hydrogen-bond donors (Lipinski definition) is 1. The third-order valence-corrected chi connectivity index (χ3v) is 2.80. The van der Waals surface area contributed by atoms with Crippen LogP contribution >= 0.6 is 0 Å². The molecule has 0 aliphatic carbocycles. The van der Waals surface area contributed by atoms with Crippen LogP contribution in [0.5, 0.6) is 5.88 Å². The number of ether oxygens (including phenoxy) is 1. The minimum atomic E-state index is 0.266. The lowest BCUT2D eigenvalue weighted by Crippen LogP contribution is -2.27. The molecule has 1 aromatic heterocycles. The van der Waals surface area contributed by atoms with Gasteiger partial charge >= 0.3 is 0 Å². The molecule has 0 spiro atoms. The SMILES string of the molecule is CCCCN(CCCC)c1cc(OC)nc(N)n1. The molecule has 0 atom stereocenters. The number of anilines is 2. The number of nitrogen functional groups attached to an aromatic ring is 1. The molecule has 18 heavy (non-hydrogen) atoms. The fourth-order valence-corrected chi connectivity index (χ4v) is 1.74. The van der Waals surface area contributed by atoms with E-state index in [9.17, 15) is 0 Å². The standard InChI is InChI=1S/C13H24N4O/c1-4-6-8-17(9-7-5-2)11-10-12(18-3)16-13(14)15-11/h10H,4-9H2,1-3H3,(H2,14,15,16). The van der Waals surface area contributed by atoms with Crippen molar-refractivity contribution in [1.82, 2.24) is 9.97 Å². The third kappa shape index (κ3) is 4.39. The molecule has 2 N–H and O–H groups in total. The van der Waals surface area contributed by atoms with E-state index in [1.165, 1.54) is 12.8 Å². The lowest BCUT2D eigenvalue weighted by Gasteiger charge is -2.23. The van der Waals surface area contributed by atoms with Crippen LogP contribution in [0.25, 0.3) is 0 Å². The molecule has 1 aromatic rings. The molecular formula is C13H24N4O. The molecule has 0 radical (unpaired) electrons. The number of unbranched alkanes of at least 4 members (excludes halogenated alkanes) is 2. The highest BCUT2D eigenvalue weighted by atomic mass is 16.5. The predicted octanol–water partition coefficient (Wildman–Crippen LogP) is 2.47. The van der Waals surface area contributed by atoms with Gasteiger partial charge in [0.2, 0.25) is 11.8 Å². The van der Waals surface area contributed by atoms with Crippen molar-refractivity contribution in [2.45, 2.75) is 39.5 Å². The van der Waals surface area contributed by atoms with E-state index in [2.05, 4.69) is 28.7 Å². The Balaban J connectivity index is 2.84. The summed E-state index contributed by atoms with van der Waals surface area (Å²) >= 11 is 0. The predicted molar refractivity (Wildman–Crippen MR) is 75.0 cm³/mol. The van der Waals surface area contributed by atoms with Crippen molar-refractivity contribution in [2.75, 3.05) is 30.8 Å². The summed E-state index contributed by atoms with van der Waals surface area (Å²) in [7, 11) is 1.59. The summed E-state index contributed by atoms with van der Waals surface area (Å²) in [5, 5.41) is 0. The van der Waals surface area contributed by atoms with E-state index in [-0.39, 0.29) is 5.95 Å². The van der Waals surface area contributed by atoms with E-state index in [1.54, 1.807) is 7.11 Å². The van der Waals surface area contributed by atoms with Crippen LogP contribution in [0.15, 0.2) is 6.07 Å². The molecule has 1 rings (SSSR count). The molecular weight excluding hydrogens is 228 g/mol. The number of aromatic nitrogens is 2. The van der Waals surface area contributed by atoms with Crippen molar-refractivity contribution in [3.8, 4) is 5.88 Å². The highest BCUT2D eigenvalue weighted by Gasteiger charge is 2.10. The fourth-order valence-electron chi connectivity index (χ4n) is 1.74. The first-order chi connectivity index (χ1) is 8.71. The molecule has 102 valence electrons. The number of rotatable bonds is 8. The molecule has 0 fully saturated rings. The quantitative estimate of drug-likeness (QED) is 0.770. The number of hydrogen-bond acceptors (Lipinski definition) is 5. The summed E-state index contributed by atoms with van der Waals surface area (Å²) in [4.78, 5) is 10.6. The molecule has 1 heterocycles. The third-order valence-electron chi connectivity index (χ3n) is 2.80. The van der Waals surface area contributed by atoms with Crippen LogP contribution in [0, 0.1) is 0 Å². The maximum Gasteiger partial charge on any atom is 0.225 e. The second-order valence-electron chi connectivity index (χ2n) is 4.32. The fraction of sp³-hybridized carbons (Fsp3) is 0.692. The summed E-state index contributed by atoms with van der Waals surface area (Å²) in [6.45, 7) is 6.37. The van der Waals surface area contributed by atoms with Gasteiger partial charge in [-0.1, -0.05) is 26.7 Å². The zero-order valence-electron chi connectivity index (χ0n) is 11.6. The lowest BCUT2D eigenvalue weighted by molar-refractivity contribution is 0.397. The van der Waals surface area contributed by atoms with E-state index in [0.717, 1.165) is 31.7 Å². The summed E-state index contributed by atoms with van der Waals surface area (Å²) in [5.41, 5.74) is 5.70. The van der Waals surface area contributed by atoms with Crippen LogP contribution < -0.4 is 15.4 Å². The molecule has 0 aliphatic rings. The molecule has 0 unspecified atom stereocenters. The Hall–Kier alpha value is -1.52. The molecule has 0 saturated carbocycles. The highest BCUT2D eigenvalue weighted by Crippen LogP contribution is 2.19. The maximum absolute atomic E-state index is 5.70. The summed E-state index contributed by atoms with van der Waals surface area (Å²) in [5.74, 6) is 1.65. The van der Waals surface area contributed by atoms with Gasteiger partial charge in [0.15, 0.2) is 0 Å². The van der Waals surface area contributed by atoms with Crippen molar-refractivity contribution in [3.63, 3.8) is 0 Å². The molecule has 0 bridgehead atoms. The minimum absolute atomic E-state index is 0.266. The van der Waals surface area contributed by atoms with Gasteiger partial charge in [0.05, 0.1) is 7.11 Å². The van der Waals surface area contributed by atoms with Gasteiger partial charge in [0.1, 0.15) is 5.82 Å². The van der Waals surface area contributed by atoms with Gasteiger partial charge < -0.3 is 15.4 Å². The molecule has 0 amide bonds. The lowest BCUT2D eigenvalue weighted by atomic mass is 10.2. The van der Waals surface area contributed by atoms with E-state index in [4.69, 9.17) is 10.5 Å². The zero-order valence-corrected chi connectivity index (χ0v) is 11.6. The Morgan fingerprint density at radius 2 is 1.78 bits per heavy atom. The van der Waals surface area contributed by atoms with Gasteiger partial charge in [-0.05, 0) is 12.8 Å². The van der Waals surface area contributed by atoms with Gasteiger partial charge in [-0.15, -0.1) is 0 Å². The normalized spacial score (nSPS) is 10.4. The van der Waals surface area contributed by atoms with Gasteiger partial charge in [0.25, 0.3) is 0 Å². The van der Waals surface area contributed by atoms with Gasteiger partial charge in [-0.2, -0.15) is 9.97 Å². The van der Waals surface area contributed by atoms with Gasteiger partial charge in [-0.3, -0.25) is 0 Å². The Morgan fingerprint density at radius 3 is 2.28 bits per heavy atom. The maximum atomic E-state index is 5.70. The smallest absolute Gasteiger partial charge is 0.225 e.